The molecule has 2 aromatic carbocycles. The number of anilines is 1. The summed E-state index contributed by atoms with van der Waals surface area (Å²) in [6.45, 7) is 9.45. The zero-order valence-electron chi connectivity index (χ0n) is 31.4. The number of hydrogen-bond donors (Lipinski definition) is 1. The first-order chi connectivity index (χ1) is 26.8. The number of hydrogen-bond acceptors (Lipinski definition) is 10. The molecular formula is C40H41ClF3N9O2S. The van der Waals surface area contributed by atoms with Gasteiger partial charge in [0, 0.05) is 47.3 Å². The summed E-state index contributed by atoms with van der Waals surface area (Å²) < 4.78 is 54.9. The molecule has 2 N–H and O–H groups in total. The molecule has 0 spiro atoms. The van der Waals surface area contributed by atoms with E-state index >= 15 is 8.78 Å². The first-order valence-corrected chi connectivity index (χ1v) is 20.4. The minimum absolute atomic E-state index is 0.0124. The second-order valence-corrected chi connectivity index (χ2v) is 18.0. The number of rotatable bonds is 7. The van der Waals surface area contributed by atoms with Crippen molar-refractivity contribution in [3.05, 3.63) is 58.0 Å². The summed E-state index contributed by atoms with van der Waals surface area (Å²) in [6.07, 6.45) is 4.00. The molecule has 11 nitrogen and oxygen atoms in total. The van der Waals surface area contributed by atoms with Crippen LogP contribution in [0.5, 0.6) is 6.01 Å². The zero-order valence-corrected chi connectivity index (χ0v) is 33.0. The number of nitrogens with zero attached hydrogens (tertiary/aromatic N) is 8. The van der Waals surface area contributed by atoms with Gasteiger partial charge in [-0.15, -0.1) is 16.4 Å². The molecule has 3 saturated heterocycles. The molecule has 0 radical (unpaired) electrons. The molecule has 292 valence electrons. The van der Waals surface area contributed by atoms with Gasteiger partial charge in [-0.2, -0.15) is 19.9 Å². The highest BCUT2D eigenvalue weighted by Crippen LogP contribution is 2.56. The van der Waals surface area contributed by atoms with Crippen LogP contribution in [0.25, 0.3) is 32.1 Å². The maximum absolute atomic E-state index is 17.3. The molecule has 4 aliphatic rings. The summed E-state index contributed by atoms with van der Waals surface area (Å²) in [5.41, 5.74) is 7.06. The van der Waals surface area contributed by atoms with Crippen molar-refractivity contribution in [2.24, 2.45) is 11.8 Å². The van der Waals surface area contributed by atoms with Crippen LogP contribution in [0.4, 0.5) is 23.0 Å². The average molecular weight is 804 g/mol. The number of thiophene rings is 1. The SMILES string of the molecule is CC(C)c1cn(C(=O)N2C(C(C)C)CC3C(c4nc(OC[C@@]56CCCN5C[C@H](F)C6)nc5c(F)c(-c6ccc(F)c7sc(N)c(C#N)c67)c(Cl)cc45)CC32)nn1. The zero-order chi connectivity index (χ0) is 39.4. The predicted octanol–water partition coefficient (Wildman–Crippen LogP) is 8.44. The normalized spacial score (nSPS) is 26.0. The molecule has 6 heterocycles. The van der Waals surface area contributed by atoms with E-state index in [0.29, 0.717) is 36.9 Å². The third kappa shape index (κ3) is 5.65. The molecule has 3 aliphatic heterocycles. The Balaban J connectivity index is 1.15. The Morgan fingerprint density at radius 3 is 2.75 bits per heavy atom. The van der Waals surface area contributed by atoms with Crippen molar-refractivity contribution in [1.29, 1.82) is 5.26 Å². The Bertz CT molecular complexity index is 2470. The largest absolute Gasteiger partial charge is 0.461 e. The van der Waals surface area contributed by atoms with Gasteiger partial charge in [0.2, 0.25) is 0 Å². The van der Waals surface area contributed by atoms with Crippen LogP contribution >= 0.6 is 22.9 Å². The molecule has 1 amide bonds. The molecule has 4 fully saturated rings. The van der Waals surface area contributed by atoms with Crippen LogP contribution in [0, 0.1) is 34.8 Å². The molecule has 1 saturated carbocycles. The van der Waals surface area contributed by atoms with E-state index in [-0.39, 0.29) is 96.7 Å². The summed E-state index contributed by atoms with van der Waals surface area (Å²) in [6, 6.07) is 5.80. The van der Waals surface area contributed by atoms with Crippen molar-refractivity contribution in [2.45, 2.75) is 95.4 Å². The monoisotopic (exact) mass is 803 g/mol. The lowest BCUT2D eigenvalue weighted by Crippen LogP contribution is -2.51. The van der Waals surface area contributed by atoms with Gasteiger partial charge < -0.3 is 15.4 Å². The second kappa shape index (κ2) is 13.6. The van der Waals surface area contributed by atoms with Crippen molar-refractivity contribution < 1.29 is 22.7 Å². The third-order valence-electron chi connectivity index (χ3n) is 12.7. The van der Waals surface area contributed by atoms with Crippen molar-refractivity contribution >= 4 is 55.0 Å². The number of halogens is 4. The number of ether oxygens (including phenoxy) is 1. The third-order valence-corrected chi connectivity index (χ3v) is 14.0. The lowest BCUT2D eigenvalue weighted by atomic mass is 9.67. The highest BCUT2D eigenvalue weighted by atomic mass is 35.5. The van der Waals surface area contributed by atoms with E-state index in [1.165, 1.54) is 16.8 Å². The highest BCUT2D eigenvalue weighted by molar-refractivity contribution is 7.23. The van der Waals surface area contributed by atoms with E-state index in [1.54, 1.807) is 12.3 Å². The Labute approximate surface area is 330 Å². The van der Waals surface area contributed by atoms with Crippen LogP contribution in [-0.4, -0.2) is 84.3 Å². The average Bonchev–Trinajstić information content (AvgIpc) is 3.96. The quantitative estimate of drug-likeness (QED) is 0.172. The van der Waals surface area contributed by atoms with Crippen molar-refractivity contribution in [1.82, 2.24) is 34.8 Å². The molecule has 4 unspecified atom stereocenters. The van der Waals surface area contributed by atoms with Gasteiger partial charge in [-0.05, 0) is 67.7 Å². The first-order valence-electron chi connectivity index (χ1n) is 19.2. The number of likely N-dealkylation sites (tertiary alicyclic amines) is 1. The summed E-state index contributed by atoms with van der Waals surface area (Å²) in [5, 5.41) is 19.1. The topological polar surface area (TPSA) is 139 Å². The lowest BCUT2D eigenvalue weighted by molar-refractivity contribution is 0.101. The lowest BCUT2D eigenvalue weighted by Gasteiger charge is -2.44. The van der Waals surface area contributed by atoms with Gasteiger partial charge in [0.15, 0.2) is 5.82 Å². The first kappa shape index (κ1) is 37.1. The minimum Gasteiger partial charge on any atom is -0.461 e. The molecule has 0 bridgehead atoms. The number of alkyl halides is 1. The van der Waals surface area contributed by atoms with Crippen molar-refractivity contribution in [3.8, 4) is 23.2 Å². The number of nitrogens with two attached hydrogens (primary N) is 1. The molecular weight excluding hydrogens is 763 g/mol. The van der Waals surface area contributed by atoms with Gasteiger partial charge in [0.25, 0.3) is 0 Å². The van der Waals surface area contributed by atoms with Gasteiger partial charge in [-0.1, -0.05) is 50.6 Å². The number of nitrogen functional groups attached to an aromatic ring is 1. The number of aromatic nitrogens is 5. The van der Waals surface area contributed by atoms with E-state index < -0.39 is 23.3 Å². The summed E-state index contributed by atoms with van der Waals surface area (Å²) >= 11 is 7.89. The van der Waals surface area contributed by atoms with E-state index in [9.17, 15) is 14.4 Å². The fraction of sp³-hybridized carbons (Fsp3) is 0.500. The number of amides is 1. The second-order valence-electron chi connectivity index (χ2n) is 16.5. The summed E-state index contributed by atoms with van der Waals surface area (Å²) in [5.74, 6) is -1.32. The molecule has 3 aromatic heterocycles. The maximum Gasteiger partial charge on any atom is 0.346 e. The van der Waals surface area contributed by atoms with Crippen LogP contribution in [0.15, 0.2) is 24.4 Å². The molecule has 5 aromatic rings. The van der Waals surface area contributed by atoms with Crippen LogP contribution < -0.4 is 10.5 Å². The van der Waals surface area contributed by atoms with Crippen LogP contribution in [0.3, 0.4) is 0 Å². The Hall–Kier alpha value is -4.52. The molecule has 56 heavy (non-hydrogen) atoms. The number of carbonyl (C=O) groups is 1. The predicted molar refractivity (Wildman–Crippen MR) is 208 cm³/mol. The van der Waals surface area contributed by atoms with Crippen molar-refractivity contribution in [3.63, 3.8) is 0 Å². The smallest absolute Gasteiger partial charge is 0.346 e. The van der Waals surface area contributed by atoms with Gasteiger partial charge in [-0.3, -0.25) is 4.90 Å². The van der Waals surface area contributed by atoms with E-state index in [1.807, 2.05) is 24.8 Å². The van der Waals surface area contributed by atoms with Gasteiger partial charge in [-0.25, -0.2) is 18.0 Å². The van der Waals surface area contributed by atoms with Crippen LogP contribution in [0.1, 0.15) is 88.6 Å². The van der Waals surface area contributed by atoms with Crippen LogP contribution in [0.2, 0.25) is 5.02 Å². The number of nitriles is 1. The summed E-state index contributed by atoms with van der Waals surface area (Å²) in [7, 11) is 0. The fourth-order valence-electron chi connectivity index (χ4n) is 9.85. The van der Waals surface area contributed by atoms with Gasteiger partial charge >= 0.3 is 12.0 Å². The summed E-state index contributed by atoms with van der Waals surface area (Å²) in [4.78, 5) is 27.7. The molecule has 16 heteroatoms. The highest BCUT2D eigenvalue weighted by Gasteiger charge is 2.56. The Morgan fingerprint density at radius 2 is 2.02 bits per heavy atom. The van der Waals surface area contributed by atoms with E-state index in [4.69, 9.17) is 27.1 Å². The fourth-order valence-corrected chi connectivity index (χ4v) is 11.1. The molecule has 9 rings (SSSR count). The van der Waals surface area contributed by atoms with Crippen LogP contribution in [-0.2, 0) is 0 Å². The van der Waals surface area contributed by atoms with Crippen molar-refractivity contribution in [2.75, 3.05) is 25.4 Å². The Morgan fingerprint density at radius 1 is 1.21 bits per heavy atom. The maximum atomic E-state index is 17.3. The number of carbonyl (C=O) groups excluding carboxylic acids is 1. The van der Waals surface area contributed by atoms with Gasteiger partial charge in [0.05, 0.1) is 38.4 Å². The molecule has 6 atom stereocenters. The van der Waals surface area contributed by atoms with Gasteiger partial charge in [0.1, 0.15) is 35.2 Å². The Kier molecular flexibility index (Phi) is 8.98. The number of benzene rings is 2. The van der Waals surface area contributed by atoms with E-state index in [0.717, 1.165) is 36.4 Å². The number of fused-ring (bicyclic) bond motifs is 4. The van der Waals surface area contributed by atoms with E-state index in [2.05, 4.69) is 34.0 Å². The molecule has 1 aliphatic carbocycles. The minimum atomic E-state index is -0.963. The standard InChI is InChI=1S/C40H41ClF3N9O2S/c1-18(2)28-16-52(50-49-28)39(54)53-29(19(3)4)11-22-23(12-30(22)53)34-24-10-26(41)32(21-6-7-27(43)36-31(21)25(14-45)37(46)56-36)33(44)35(24)48-38(47-34)55-17-40-8-5-9-51(40)15-20(42)13-40/h6-7,10,16,18-20,22-23,29-30H,5,8-9,11-13,15,17,46H2,1-4H3/t20-,22?,23?,29?,30?,40+/m1/s1.